The van der Waals surface area contributed by atoms with E-state index < -0.39 is 6.10 Å². The Kier molecular flexibility index (Phi) is 5.94. The lowest BCUT2D eigenvalue weighted by Crippen LogP contribution is -2.51. The van der Waals surface area contributed by atoms with Crippen LogP contribution in [0.15, 0.2) is 48.5 Å². The number of nitrogens with zero attached hydrogens (tertiary/aromatic N) is 2. The Morgan fingerprint density at radius 2 is 1.69 bits per heavy atom. The summed E-state index contributed by atoms with van der Waals surface area (Å²) in [6, 6.07) is 16.4. The highest BCUT2D eigenvalue weighted by Gasteiger charge is 2.26. The maximum absolute atomic E-state index is 12.7. The molecule has 138 valence electrons. The number of carbonyl (C=O) groups is 1. The number of hydrogen-bond donors (Lipinski definition) is 0. The van der Waals surface area contributed by atoms with Gasteiger partial charge in [-0.3, -0.25) is 9.69 Å². The number of aryl methyl sites for hydroxylation is 1. The van der Waals surface area contributed by atoms with Crippen LogP contribution in [0.4, 0.5) is 0 Å². The predicted octanol–water partition coefficient (Wildman–Crippen LogP) is 3.42. The number of amides is 1. The Balaban J connectivity index is 1.52. The van der Waals surface area contributed by atoms with E-state index in [0.29, 0.717) is 0 Å². The van der Waals surface area contributed by atoms with Crippen molar-refractivity contribution in [2.45, 2.75) is 33.4 Å². The second-order valence-corrected chi connectivity index (χ2v) is 7.05. The molecule has 1 saturated heterocycles. The van der Waals surface area contributed by atoms with E-state index in [9.17, 15) is 4.79 Å². The molecule has 0 aromatic heterocycles. The second kappa shape index (κ2) is 8.37. The maximum atomic E-state index is 12.7. The molecule has 26 heavy (non-hydrogen) atoms. The van der Waals surface area contributed by atoms with Gasteiger partial charge in [0.2, 0.25) is 0 Å². The van der Waals surface area contributed by atoms with E-state index in [4.69, 9.17) is 4.74 Å². The molecule has 1 aliphatic rings. The zero-order chi connectivity index (χ0) is 18.5. The van der Waals surface area contributed by atoms with Crippen LogP contribution in [0.3, 0.4) is 0 Å². The van der Waals surface area contributed by atoms with Crippen LogP contribution in [-0.2, 0) is 11.3 Å². The lowest BCUT2D eigenvalue weighted by molar-refractivity contribution is -0.139. The third-order valence-corrected chi connectivity index (χ3v) is 5.14. The lowest BCUT2D eigenvalue weighted by atomic mass is 10.1. The topological polar surface area (TPSA) is 32.8 Å². The van der Waals surface area contributed by atoms with Gasteiger partial charge in [-0.05, 0) is 43.5 Å². The standard InChI is InChI=1S/C22H28N2O2/c1-17-8-7-11-21(18(17)2)26-19(3)22(25)24-14-12-23(13-15-24)16-20-9-5-4-6-10-20/h4-11,19H,12-16H2,1-3H3/t19-/m1/s1. The molecule has 0 bridgehead atoms. The molecule has 0 aliphatic carbocycles. The number of hydrogen-bond acceptors (Lipinski definition) is 3. The van der Waals surface area contributed by atoms with Crippen molar-refractivity contribution in [3.05, 3.63) is 65.2 Å². The summed E-state index contributed by atoms with van der Waals surface area (Å²) in [7, 11) is 0. The molecule has 0 unspecified atom stereocenters. The van der Waals surface area contributed by atoms with Crippen LogP contribution >= 0.6 is 0 Å². The Morgan fingerprint density at radius 3 is 2.38 bits per heavy atom. The van der Waals surface area contributed by atoms with Gasteiger partial charge in [0.1, 0.15) is 5.75 Å². The van der Waals surface area contributed by atoms with Crippen LogP contribution in [-0.4, -0.2) is 48.0 Å². The van der Waals surface area contributed by atoms with E-state index >= 15 is 0 Å². The molecule has 0 spiro atoms. The summed E-state index contributed by atoms with van der Waals surface area (Å²) >= 11 is 0. The van der Waals surface area contributed by atoms with Crippen LogP contribution < -0.4 is 4.74 Å². The Morgan fingerprint density at radius 1 is 1.00 bits per heavy atom. The second-order valence-electron chi connectivity index (χ2n) is 7.05. The van der Waals surface area contributed by atoms with Crippen molar-refractivity contribution in [1.82, 2.24) is 9.80 Å². The predicted molar refractivity (Wildman–Crippen MR) is 104 cm³/mol. The largest absolute Gasteiger partial charge is 0.481 e. The zero-order valence-corrected chi connectivity index (χ0v) is 15.9. The van der Waals surface area contributed by atoms with Crippen molar-refractivity contribution in [2.75, 3.05) is 26.2 Å². The summed E-state index contributed by atoms with van der Waals surface area (Å²) in [5, 5.41) is 0. The molecular formula is C22H28N2O2. The number of benzene rings is 2. The van der Waals surface area contributed by atoms with Crippen molar-refractivity contribution in [3.8, 4) is 5.75 Å². The van der Waals surface area contributed by atoms with Gasteiger partial charge in [-0.1, -0.05) is 42.5 Å². The number of rotatable bonds is 5. The molecule has 1 heterocycles. The van der Waals surface area contributed by atoms with Gasteiger partial charge in [0.25, 0.3) is 5.91 Å². The Hall–Kier alpha value is -2.33. The minimum absolute atomic E-state index is 0.0743. The van der Waals surface area contributed by atoms with Crippen molar-refractivity contribution < 1.29 is 9.53 Å². The van der Waals surface area contributed by atoms with Crippen molar-refractivity contribution in [1.29, 1.82) is 0 Å². The first-order valence-electron chi connectivity index (χ1n) is 9.32. The molecule has 2 aromatic carbocycles. The van der Waals surface area contributed by atoms with Gasteiger partial charge < -0.3 is 9.64 Å². The molecule has 1 amide bonds. The summed E-state index contributed by atoms with van der Waals surface area (Å²) in [5.74, 6) is 0.874. The van der Waals surface area contributed by atoms with E-state index in [-0.39, 0.29) is 5.91 Å². The molecule has 1 aliphatic heterocycles. The van der Waals surface area contributed by atoms with Gasteiger partial charge in [0.05, 0.1) is 0 Å². The number of ether oxygens (including phenoxy) is 1. The molecule has 0 saturated carbocycles. The average Bonchev–Trinajstić information content (AvgIpc) is 2.66. The van der Waals surface area contributed by atoms with Gasteiger partial charge in [-0.2, -0.15) is 0 Å². The Bertz CT molecular complexity index is 737. The third kappa shape index (κ3) is 4.44. The number of piperazine rings is 1. The van der Waals surface area contributed by atoms with Crippen LogP contribution in [0, 0.1) is 13.8 Å². The molecule has 1 atom stereocenters. The molecule has 1 fully saturated rings. The van der Waals surface area contributed by atoms with Gasteiger partial charge in [-0.15, -0.1) is 0 Å². The van der Waals surface area contributed by atoms with Gasteiger partial charge >= 0.3 is 0 Å². The number of carbonyl (C=O) groups excluding carboxylic acids is 1. The van der Waals surface area contributed by atoms with Crippen LogP contribution in [0.25, 0.3) is 0 Å². The summed E-state index contributed by atoms with van der Waals surface area (Å²) in [6.07, 6.45) is -0.462. The Labute approximate surface area is 156 Å². The minimum atomic E-state index is -0.462. The third-order valence-electron chi connectivity index (χ3n) is 5.14. The highest BCUT2D eigenvalue weighted by Crippen LogP contribution is 2.22. The highest BCUT2D eigenvalue weighted by atomic mass is 16.5. The summed E-state index contributed by atoms with van der Waals surface area (Å²) in [6.45, 7) is 10.2. The van der Waals surface area contributed by atoms with Crippen LogP contribution in [0.1, 0.15) is 23.6 Å². The first kappa shape index (κ1) is 18.5. The fourth-order valence-corrected chi connectivity index (χ4v) is 3.32. The van der Waals surface area contributed by atoms with Gasteiger partial charge in [0.15, 0.2) is 6.10 Å². The highest BCUT2D eigenvalue weighted by molar-refractivity contribution is 5.81. The van der Waals surface area contributed by atoms with Crippen molar-refractivity contribution in [3.63, 3.8) is 0 Å². The maximum Gasteiger partial charge on any atom is 0.263 e. The van der Waals surface area contributed by atoms with E-state index in [0.717, 1.165) is 44.0 Å². The van der Waals surface area contributed by atoms with E-state index in [1.165, 1.54) is 11.1 Å². The quantitative estimate of drug-likeness (QED) is 0.827. The van der Waals surface area contributed by atoms with Crippen molar-refractivity contribution in [2.24, 2.45) is 0 Å². The fourth-order valence-electron chi connectivity index (χ4n) is 3.32. The van der Waals surface area contributed by atoms with Gasteiger partial charge in [0, 0.05) is 32.7 Å². The average molecular weight is 352 g/mol. The smallest absolute Gasteiger partial charge is 0.263 e. The lowest BCUT2D eigenvalue weighted by Gasteiger charge is -2.36. The first-order valence-corrected chi connectivity index (χ1v) is 9.32. The van der Waals surface area contributed by atoms with Crippen LogP contribution in [0.5, 0.6) is 5.75 Å². The van der Waals surface area contributed by atoms with E-state index in [1.807, 2.05) is 36.9 Å². The van der Waals surface area contributed by atoms with Gasteiger partial charge in [-0.25, -0.2) is 0 Å². The molecule has 4 nitrogen and oxygen atoms in total. The summed E-state index contributed by atoms with van der Waals surface area (Å²) in [4.78, 5) is 17.1. The fraction of sp³-hybridized carbons (Fsp3) is 0.409. The molecule has 3 rings (SSSR count). The minimum Gasteiger partial charge on any atom is -0.481 e. The summed E-state index contributed by atoms with van der Waals surface area (Å²) in [5.41, 5.74) is 3.59. The molecular weight excluding hydrogens is 324 g/mol. The van der Waals surface area contributed by atoms with E-state index in [1.54, 1.807) is 0 Å². The SMILES string of the molecule is Cc1cccc(O[C@H](C)C(=O)N2CCN(Cc3ccccc3)CC2)c1C. The normalized spacial score (nSPS) is 16.3. The van der Waals surface area contributed by atoms with Crippen LogP contribution in [0.2, 0.25) is 0 Å². The summed E-state index contributed by atoms with van der Waals surface area (Å²) < 4.78 is 5.96. The molecule has 0 N–H and O–H groups in total. The molecule has 4 heteroatoms. The van der Waals surface area contributed by atoms with Crippen molar-refractivity contribution >= 4 is 5.91 Å². The molecule has 2 aromatic rings. The molecule has 0 radical (unpaired) electrons. The zero-order valence-electron chi connectivity index (χ0n) is 15.9. The van der Waals surface area contributed by atoms with E-state index in [2.05, 4.69) is 42.2 Å². The monoisotopic (exact) mass is 352 g/mol. The first-order chi connectivity index (χ1) is 12.5.